The maximum absolute atomic E-state index is 12.4. The number of nitrogens with one attached hydrogen (secondary N) is 2. The van der Waals surface area contributed by atoms with Gasteiger partial charge in [-0.15, -0.1) is 0 Å². The van der Waals surface area contributed by atoms with Gasteiger partial charge >= 0.3 is 12.2 Å². The largest absolute Gasteiger partial charge is 0.493 e. The fourth-order valence-corrected chi connectivity index (χ4v) is 3.74. The van der Waals surface area contributed by atoms with Crippen molar-refractivity contribution in [3.8, 4) is 23.0 Å². The second kappa shape index (κ2) is 18.2. The summed E-state index contributed by atoms with van der Waals surface area (Å²) < 4.78 is 32.5. The molecule has 0 saturated carbocycles. The van der Waals surface area contributed by atoms with Crippen LogP contribution in [0.15, 0.2) is 48.6 Å². The second-order valence-corrected chi connectivity index (χ2v) is 12.2. The molecule has 0 aliphatic rings. The summed E-state index contributed by atoms with van der Waals surface area (Å²) in [5, 5.41) is 5.23. The number of hydrogen-bond donors (Lipinski definition) is 2. The molecule has 12 heteroatoms. The molecule has 2 rings (SSSR count). The minimum Gasteiger partial charge on any atom is -0.493 e. The highest BCUT2D eigenvalue weighted by molar-refractivity contribution is 6.10. The Morgan fingerprint density at radius 1 is 0.617 bits per heavy atom. The number of ketones is 2. The van der Waals surface area contributed by atoms with Gasteiger partial charge in [0.15, 0.2) is 34.6 Å². The predicted molar refractivity (Wildman–Crippen MR) is 178 cm³/mol. The molecule has 0 spiro atoms. The monoisotopic (exact) mass is 654 g/mol. The van der Waals surface area contributed by atoms with Gasteiger partial charge in [-0.25, -0.2) is 9.59 Å². The van der Waals surface area contributed by atoms with E-state index in [0.717, 1.165) is 0 Å². The summed E-state index contributed by atoms with van der Waals surface area (Å²) in [7, 11) is 2.99. The zero-order valence-electron chi connectivity index (χ0n) is 28.4. The molecule has 0 unspecified atom stereocenters. The molecule has 0 radical (unpaired) electrons. The van der Waals surface area contributed by atoms with E-state index >= 15 is 0 Å². The standard InChI is InChI=1S/C35H46N2O10/c1-34(2,3)46-32(40)36-17-19-44-28-15-11-24(21-30(28)42-7)9-13-26(38)23-27(39)14-10-25-12-16-29(31(22-25)43-8)45-20-18-37-33(41)47-35(4,5)6/h9-16,21-22H,17-20,23H2,1-8H3,(H,36,40)(H,37,41)/b13-9+,14-10+. The SMILES string of the molecule is COc1cc(/C=C/C(=O)CC(=O)/C=C/c2ccc(OCCNC(=O)OC(C)(C)C)c(OC)c2)ccc1OCCNC(=O)OC(C)(C)C. The first-order valence-corrected chi connectivity index (χ1v) is 15.1. The van der Waals surface area contributed by atoms with Crippen molar-refractivity contribution in [3.05, 3.63) is 59.7 Å². The van der Waals surface area contributed by atoms with E-state index in [9.17, 15) is 19.2 Å². The number of benzene rings is 2. The summed E-state index contributed by atoms with van der Waals surface area (Å²) in [5.41, 5.74) is 0.169. The topological polar surface area (TPSA) is 148 Å². The van der Waals surface area contributed by atoms with E-state index in [1.54, 1.807) is 90.1 Å². The van der Waals surface area contributed by atoms with Crippen LogP contribution in [0.25, 0.3) is 12.2 Å². The van der Waals surface area contributed by atoms with Gasteiger partial charge in [-0.2, -0.15) is 0 Å². The number of amides is 2. The van der Waals surface area contributed by atoms with Crippen molar-refractivity contribution in [2.45, 2.75) is 59.2 Å². The lowest BCUT2D eigenvalue weighted by atomic mass is 10.1. The lowest BCUT2D eigenvalue weighted by Gasteiger charge is -2.19. The smallest absolute Gasteiger partial charge is 0.407 e. The highest BCUT2D eigenvalue weighted by Gasteiger charge is 2.17. The summed E-state index contributed by atoms with van der Waals surface area (Å²) in [6.45, 7) is 11.5. The van der Waals surface area contributed by atoms with Gasteiger partial charge in [0, 0.05) is 0 Å². The molecular weight excluding hydrogens is 608 g/mol. The van der Waals surface area contributed by atoms with E-state index in [1.807, 2.05) is 0 Å². The third kappa shape index (κ3) is 15.7. The lowest BCUT2D eigenvalue weighted by Crippen LogP contribution is -2.34. The molecule has 0 atom stereocenters. The van der Waals surface area contributed by atoms with Crippen LogP contribution in [0, 0.1) is 0 Å². The Labute approximate surface area is 276 Å². The molecule has 2 amide bonds. The van der Waals surface area contributed by atoms with E-state index in [4.69, 9.17) is 28.4 Å². The van der Waals surface area contributed by atoms with Crippen molar-refractivity contribution in [2.75, 3.05) is 40.5 Å². The quantitative estimate of drug-likeness (QED) is 0.130. The Balaban J connectivity index is 1.85. The molecule has 0 aliphatic heterocycles. The molecule has 256 valence electrons. The zero-order chi connectivity index (χ0) is 35.0. The van der Waals surface area contributed by atoms with Gasteiger partial charge in [0.1, 0.15) is 24.4 Å². The number of allylic oxidation sites excluding steroid dienone is 2. The summed E-state index contributed by atoms with van der Waals surface area (Å²) in [5.74, 6) is 1.09. The van der Waals surface area contributed by atoms with Crippen LogP contribution < -0.4 is 29.6 Å². The van der Waals surface area contributed by atoms with Crippen molar-refractivity contribution in [1.82, 2.24) is 10.6 Å². The molecular formula is C35H46N2O10. The summed E-state index contributed by atoms with van der Waals surface area (Å²) in [4.78, 5) is 48.4. The van der Waals surface area contributed by atoms with Crippen LogP contribution in [0.2, 0.25) is 0 Å². The molecule has 0 heterocycles. The van der Waals surface area contributed by atoms with Crippen molar-refractivity contribution >= 4 is 35.9 Å². The molecule has 0 bridgehead atoms. The molecule has 2 aromatic carbocycles. The number of ether oxygens (including phenoxy) is 6. The van der Waals surface area contributed by atoms with Crippen LogP contribution in [0.1, 0.15) is 59.1 Å². The number of carbonyl (C=O) groups excluding carboxylic acids is 4. The van der Waals surface area contributed by atoms with Crippen LogP contribution in [0.5, 0.6) is 23.0 Å². The summed E-state index contributed by atoms with van der Waals surface area (Å²) in [6, 6.07) is 10.2. The van der Waals surface area contributed by atoms with Gasteiger partial charge in [-0.05, 0) is 89.1 Å². The van der Waals surface area contributed by atoms with E-state index in [0.29, 0.717) is 34.1 Å². The van der Waals surface area contributed by atoms with Crippen LogP contribution in [-0.4, -0.2) is 75.5 Å². The summed E-state index contributed by atoms with van der Waals surface area (Å²) >= 11 is 0. The van der Waals surface area contributed by atoms with Crippen LogP contribution in [0.4, 0.5) is 9.59 Å². The van der Waals surface area contributed by atoms with Crippen molar-refractivity contribution in [2.24, 2.45) is 0 Å². The number of carbonyl (C=O) groups is 4. The third-order valence-electron chi connectivity index (χ3n) is 5.70. The Hall–Kier alpha value is -5.00. The van der Waals surface area contributed by atoms with E-state index in [2.05, 4.69) is 10.6 Å². The Morgan fingerprint density at radius 3 is 1.34 bits per heavy atom. The minimum atomic E-state index is -0.589. The average Bonchev–Trinajstić information content (AvgIpc) is 2.98. The zero-order valence-corrected chi connectivity index (χ0v) is 28.4. The summed E-state index contributed by atoms with van der Waals surface area (Å²) in [6.07, 6.45) is 4.47. The average molecular weight is 655 g/mol. The molecule has 0 aromatic heterocycles. The molecule has 2 N–H and O–H groups in total. The Bertz CT molecular complexity index is 1330. The first-order valence-electron chi connectivity index (χ1n) is 15.1. The van der Waals surface area contributed by atoms with Gasteiger partial charge < -0.3 is 39.1 Å². The minimum absolute atomic E-state index is 0.193. The van der Waals surface area contributed by atoms with Gasteiger partial charge in [0.05, 0.1) is 33.7 Å². The highest BCUT2D eigenvalue weighted by atomic mass is 16.6. The first-order chi connectivity index (χ1) is 22.1. The number of hydrogen-bond acceptors (Lipinski definition) is 10. The van der Waals surface area contributed by atoms with E-state index < -0.39 is 23.4 Å². The van der Waals surface area contributed by atoms with Crippen molar-refractivity contribution < 1.29 is 47.6 Å². The number of rotatable bonds is 16. The Morgan fingerprint density at radius 2 is 1.00 bits per heavy atom. The fourth-order valence-electron chi connectivity index (χ4n) is 3.74. The lowest BCUT2D eigenvalue weighted by molar-refractivity contribution is -0.121. The van der Waals surface area contributed by atoms with Crippen LogP contribution in [-0.2, 0) is 19.1 Å². The molecule has 0 saturated heterocycles. The van der Waals surface area contributed by atoms with Crippen molar-refractivity contribution in [3.63, 3.8) is 0 Å². The highest BCUT2D eigenvalue weighted by Crippen LogP contribution is 2.29. The van der Waals surface area contributed by atoms with Gasteiger partial charge in [-0.1, -0.05) is 24.3 Å². The fraction of sp³-hybridized carbons (Fsp3) is 0.429. The predicted octanol–water partition coefficient (Wildman–Crippen LogP) is 5.77. The van der Waals surface area contributed by atoms with Gasteiger partial charge in [0.25, 0.3) is 0 Å². The van der Waals surface area contributed by atoms with E-state index in [-0.39, 0.29) is 44.3 Å². The maximum atomic E-state index is 12.4. The van der Waals surface area contributed by atoms with E-state index in [1.165, 1.54) is 26.4 Å². The molecule has 47 heavy (non-hydrogen) atoms. The molecule has 0 aliphatic carbocycles. The van der Waals surface area contributed by atoms with Gasteiger partial charge in [0.2, 0.25) is 0 Å². The molecule has 12 nitrogen and oxygen atoms in total. The van der Waals surface area contributed by atoms with Gasteiger partial charge in [-0.3, -0.25) is 9.59 Å². The molecule has 2 aromatic rings. The number of alkyl carbamates (subject to hydrolysis) is 2. The molecule has 0 fully saturated rings. The van der Waals surface area contributed by atoms with Crippen LogP contribution >= 0.6 is 0 Å². The first kappa shape index (κ1) is 38.2. The van der Waals surface area contributed by atoms with Crippen LogP contribution in [0.3, 0.4) is 0 Å². The third-order valence-corrected chi connectivity index (χ3v) is 5.70. The second-order valence-electron chi connectivity index (χ2n) is 12.2. The number of methoxy groups -OCH3 is 2. The maximum Gasteiger partial charge on any atom is 0.407 e. The van der Waals surface area contributed by atoms with Crippen molar-refractivity contribution in [1.29, 1.82) is 0 Å². The normalized spacial score (nSPS) is 11.6. The Kier molecular flexibility index (Phi) is 14.8.